The van der Waals surface area contributed by atoms with Gasteiger partial charge in [-0.15, -0.1) is 0 Å². The van der Waals surface area contributed by atoms with Crippen LogP contribution in [0.2, 0.25) is 0 Å². The van der Waals surface area contributed by atoms with Crippen molar-refractivity contribution < 1.29 is 19.1 Å². The van der Waals surface area contributed by atoms with Crippen LogP contribution in [0.15, 0.2) is 24.3 Å². The van der Waals surface area contributed by atoms with Gasteiger partial charge in [0.2, 0.25) is 0 Å². The smallest absolute Gasteiger partial charge is 0.379 e. The summed E-state index contributed by atoms with van der Waals surface area (Å²) in [5.41, 5.74) is 0.301. The number of rotatable bonds is 6. The molecule has 0 heterocycles. The zero-order chi connectivity index (χ0) is 12.7. The highest BCUT2D eigenvalue weighted by Gasteiger charge is 2.16. The van der Waals surface area contributed by atoms with Gasteiger partial charge in [-0.1, -0.05) is 15.9 Å². The van der Waals surface area contributed by atoms with Gasteiger partial charge in [-0.3, -0.25) is 4.79 Å². The van der Waals surface area contributed by atoms with Crippen molar-refractivity contribution in [2.75, 3.05) is 18.5 Å². The van der Waals surface area contributed by atoms with E-state index in [-0.39, 0.29) is 6.61 Å². The number of benzene rings is 1. The maximum atomic E-state index is 11.5. The Hall–Kier alpha value is -1.36. The molecule has 0 aliphatic carbocycles. The van der Waals surface area contributed by atoms with Crippen molar-refractivity contribution in [1.29, 1.82) is 0 Å². The van der Waals surface area contributed by atoms with Crippen molar-refractivity contribution in [2.24, 2.45) is 0 Å². The highest BCUT2D eigenvalue weighted by molar-refractivity contribution is 9.09. The molecule has 0 amide bonds. The lowest BCUT2D eigenvalue weighted by Gasteiger charge is -2.05. The lowest BCUT2D eigenvalue weighted by molar-refractivity contribution is -0.137. The molecule has 0 aromatic heterocycles. The third kappa shape index (κ3) is 4.19. The first-order valence-corrected chi connectivity index (χ1v) is 6.31. The van der Waals surface area contributed by atoms with Crippen LogP contribution in [0, 0.1) is 0 Å². The molecule has 0 aliphatic heterocycles. The molecule has 1 rings (SSSR count). The third-order valence-corrected chi connectivity index (χ3v) is 2.25. The topological polar surface area (TPSA) is 52.6 Å². The highest BCUT2D eigenvalue weighted by atomic mass is 79.9. The number of Topliss-reactive ketones (excluding diaryl/α,β-unsaturated/α-hetero) is 1. The Morgan fingerprint density at radius 2 is 1.88 bits per heavy atom. The molecule has 5 heteroatoms. The third-order valence-electron chi connectivity index (χ3n) is 1.92. The fraction of sp³-hybridized carbons (Fsp3) is 0.333. The Labute approximate surface area is 108 Å². The molecule has 0 unspecified atom stereocenters. The average molecular weight is 301 g/mol. The van der Waals surface area contributed by atoms with Crippen LogP contribution in [-0.2, 0) is 9.53 Å². The molecule has 4 nitrogen and oxygen atoms in total. The Balaban J connectivity index is 2.67. The molecule has 0 spiro atoms. The summed E-state index contributed by atoms with van der Waals surface area (Å²) in [7, 11) is 0. The van der Waals surface area contributed by atoms with Gasteiger partial charge < -0.3 is 9.47 Å². The van der Waals surface area contributed by atoms with E-state index in [9.17, 15) is 9.59 Å². The molecule has 0 N–H and O–H groups in total. The molecule has 17 heavy (non-hydrogen) atoms. The number of carbonyl (C=O) groups excluding carboxylic acids is 2. The van der Waals surface area contributed by atoms with Gasteiger partial charge >= 0.3 is 5.97 Å². The minimum absolute atomic E-state index is 0.191. The number of ketones is 1. The molecule has 0 saturated carbocycles. The van der Waals surface area contributed by atoms with Crippen molar-refractivity contribution in [3.8, 4) is 5.75 Å². The summed E-state index contributed by atoms with van der Waals surface area (Å²) in [4.78, 5) is 22.7. The molecule has 0 saturated heterocycles. The van der Waals surface area contributed by atoms with Crippen molar-refractivity contribution in [3.63, 3.8) is 0 Å². The molecule has 1 aromatic carbocycles. The first kappa shape index (κ1) is 13.7. The molecule has 92 valence electrons. The summed E-state index contributed by atoms with van der Waals surface area (Å²) in [6, 6.07) is 6.38. The summed E-state index contributed by atoms with van der Waals surface area (Å²) < 4.78 is 9.95. The first-order valence-electron chi connectivity index (χ1n) is 5.19. The predicted octanol–water partition coefficient (Wildman–Crippen LogP) is 2.21. The van der Waals surface area contributed by atoms with Gasteiger partial charge in [-0.05, 0) is 31.2 Å². The van der Waals surface area contributed by atoms with Gasteiger partial charge in [0.25, 0.3) is 5.78 Å². The molecule has 0 radical (unpaired) electrons. The van der Waals surface area contributed by atoms with Crippen molar-refractivity contribution in [3.05, 3.63) is 29.8 Å². The van der Waals surface area contributed by atoms with E-state index < -0.39 is 11.8 Å². The van der Waals surface area contributed by atoms with E-state index in [0.29, 0.717) is 17.9 Å². The SMILES string of the molecule is CCOC(=O)C(=O)c1ccc(OCCBr)cc1. The minimum atomic E-state index is -0.832. The lowest BCUT2D eigenvalue weighted by Crippen LogP contribution is -2.17. The first-order chi connectivity index (χ1) is 8.19. The van der Waals surface area contributed by atoms with Gasteiger partial charge in [-0.25, -0.2) is 4.79 Å². The molecular weight excluding hydrogens is 288 g/mol. The number of alkyl halides is 1. The van der Waals surface area contributed by atoms with Gasteiger partial charge in [0.05, 0.1) is 13.2 Å². The number of ether oxygens (including phenoxy) is 2. The largest absolute Gasteiger partial charge is 0.493 e. The molecule has 0 bridgehead atoms. The maximum absolute atomic E-state index is 11.5. The molecule has 1 aromatic rings. The number of hydrogen-bond acceptors (Lipinski definition) is 4. The summed E-state index contributed by atoms with van der Waals surface area (Å²) in [5.74, 6) is -0.814. The predicted molar refractivity (Wildman–Crippen MR) is 66.7 cm³/mol. The lowest BCUT2D eigenvalue weighted by atomic mass is 10.1. The Bertz CT molecular complexity index is 386. The second-order valence-electron chi connectivity index (χ2n) is 3.11. The summed E-state index contributed by atoms with van der Waals surface area (Å²) in [5, 5.41) is 0.733. The maximum Gasteiger partial charge on any atom is 0.379 e. The summed E-state index contributed by atoms with van der Waals surface area (Å²) >= 11 is 3.24. The van der Waals surface area contributed by atoms with E-state index in [1.54, 1.807) is 31.2 Å². The van der Waals surface area contributed by atoms with E-state index in [1.807, 2.05) is 0 Å². The summed E-state index contributed by atoms with van der Waals surface area (Å²) in [6.07, 6.45) is 0. The second-order valence-corrected chi connectivity index (χ2v) is 3.90. The van der Waals surface area contributed by atoms with Crippen LogP contribution < -0.4 is 4.74 Å². The summed E-state index contributed by atoms with van der Waals surface area (Å²) in [6.45, 7) is 2.39. The van der Waals surface area contributed by atoms with E-state index in [4.69, 9.17) is 4.74 Å². The molecule has 0 atom stereocenters. The minimum Gasteiger partial charge on any atom is -0.493 e. The Kier molecular flexibility index (Phi) is 5.69. The van der Waals surface area contributed by atoms with Crippen molar-refractivity contribution in [1.82, 2.24) is 0 Å². The van der Waals surface area contributed by atoms with Gasteiger partial charge in [0.15, 0.2) is 0 Å². The zero-order valence-electron chi connectivity index (χ0n) is 9.44. The number of halogens is 1. The standard InChI is InChI=1S/C12H13BrO4/c1-2-16-12(15)11(14)9-3-5-10(6-4-9)17-8-7-13/h3-6H,2,7-8H2,1H3. The molecule has 0 fully saturated rings. The van der Waals surface area contributed by atoms with Crippen LogP contribution in [0.5, 0.6) is 5.75 Å². The second kappa shape index (κ2) is 7.06. The fourth-order valence-electron chi connectivity index (χ4n) is 1.17. The van der Waals surface area contributed by atoms with Crippen LogP contribution in [0.1, 0.15) is 17.3 Å². The van der Waals surface area contributed by atoms with E-state index in [1.165, 1.54) is 0 Å². The Morgan fingerprint density at radius 1 is 1.24 bits per heavy atom. The Morgan fingerprint density at radius 3 is 2.41 bits per heavy atom. The van der Waals surface area contributed by atoms with E-state index >= 15 is 0 Å². The number of hydrogen-bond donors (Lipinski definition) is 0. The van der Waals surface area contributed by atoms with Crippen LogP contribution in [0.25, 0.3) is 0 Å². The van der Waals surface area contributed by atoms with Gasteiger partial charge in [0, 0.05) is 10.9 Å². The zero-order valence-corrected chi connectivity index (χ0v) is 11.0. The highest BCUT2D eigenvalue weighted by Crippen LogP contribution is 2.13. The van der Waals surface area contributed by atoms with Crippen LogP contribution in [-0.4, -0.2) is 30.3 Å². The molecule has 0 aliphatic rings. The average Bonchev–Trinajstić information content (AvgIpc) is 2.36. The van der Waals surface area contributed by atoms with Gasteiger partial charge in [0.1, 0.15) is 5.75 Å². The molecular formula is C12H13BrO4. The number of esters is 1. The fourth-order valence-corrected chi connectivity index (χ4v) is 1.34. The van der Waals surface area contributed by atoms with Crippen molar-refractivity contribution >= 4 is 27.7 Å². The van der Waals surface area contributed by atoms with Crippen LogP contribution in [0.3, 0.4) is 0 Å². The van der Waals surface area contributed by atoms with Gasteiger partial charge in [-0.2, -0.15) is 0 Å². The van der Waals surface area contributed by atoms with E-state index in [0.717, 1.165) is 5.33 Å². The van der Waals surface area contributed by atoms with Crippen LogP contribution in [0.4, 0.5) is 0 Å². The van der Waals surface area contributed by atoms with Crippen molar-refractivity contribution in [2.45, 2.75) is 6.92 Å². The normalized spacial score (nSPS) is 9.76. The number of carbonyl (C=O) groups is 2. The van der Waals surface area contributed by atoms with E-state index in [2.05, 4.69) is 20.7 Å². The van der Waals surface area contributed by atoms with Crippen LogP contribution >= 0.6 is 15.9 Å². The quantitative estimate of drug-likeness (QED) is 0.350. The monoisotopic (exact) mass is 300 g/mol.